The molecule has 1 heterocycles. The number of piperazine rings is 1. The summed E-state index contributed by atoms with van der Waals surface area (Å²) in [4.78, 5) is 16.6. The Morgan fingerprint density at radius 3 is 2.29 bits per heavy atom. The number of hydrogen-bond donors (Lipinski definition) is 1. The maximum Gasteiger partial charge on any atom is 0.227 e. The van der Waals surface area contributed by atoms with Gasteiger partial charge in [0.2, 0.25) is 5.91 Å². The molecule has 1 aliphatic rings. The Bertz CT molecular complexity index is 506. The first-order valence-electron chi connectivity index (χ1n) is 8.05. The molecular formula is C17H29Cl2N3O2. The molecule has 138 valence electrons. The van der Waals surface area contributed by atoms with Crippen molar-refractivity contribution in [3.05, 3.63) is 24.3 Å². The number of carbonyl (C=O) groups excluding carboxylic acids is 1. The number of nitrogens with two attached hydrogens (primary N) is 1. The zero-order valence-corrected chi connectivity index (χ0v) is 16.2. The summed E-state index contributed by atoms with van der Waals surface area (Å²) in [5, 5.41) is 0. The van der Waals surface area contributed by atoms with Gasteiger partial charge in [0.15, 0.2) is 0 Å². The van der Waals surface area contributed by atoms with Crippen LogP contribution in [0.2, 0.25) is 0 Å². The lowest BCUT2D eigenvalue weighted by Crippen LogP contribution is -2.52. The Hall–Kier alpha value is -1.17. The monoisotopic (exact) mass is 377 g/mol. The Morgan fingerprint density at radius 2 is 1.75 bits per heavy atom. The second-order valence-corrected chi connectivity index (χ2v) is 5.86. The molecule has 7 heteroatoms. The SMILES string of the molecule is CCOc1ccccc1N1CCN(C(=O)C(C)C(C)N)CC1.Cl.Cl. The number of anilines is 1. The molecule has 1 saturated heterocycles. The molecule has 24 heavy (non-hydrogen) atoms. The van der Waals surface area contributed by atoms with Gasteiger partial charge in [-0.1, -0.05) is 19.1 Å². The molecule has 1 aromatic carbocycles. The molecule has 1 amide bonds. The van der Waals surface area contributed by atoms with Gasteiger partial charge >= 0.3 is 0 Å². The van der Waals surface area contributed by atoms with Gasteiger partial charge in [-0.05, 0) is 26.0 Å². The van der Waals surface area contributed by atoms with Crippen LogP contribution in [0.3, 0.4) is 0 Å². The Balaban J connectivity index is 0.00000264. The number of hydrogen-bond acceptors (Lipinski definition) is 4. The standard InChI is InChI=1S/C17H27N3O2.2ClH/c1-4-22-16-8-6-5-7-15(16)19-9-11-20(12-10-19)17(21)13(2)14(3)18;;/h5-8,13-14H,4,9-12,18H2,1-3H3;2*1H. The van der Waals surface area contributed by atoms with E-state index in [2.05, 4.69) is 11.0 Å². The van der Waals surface area contributed by atoms with E-state index in [-0.39, 0.29) is 42.7 Å². The van der Waals surface area contributed by atoms with Gasteiger partial charge in [0.1, 0.15) is 5.75 Å². The Morgan fingerprint density at radius 1 is 1.17 bits per heavy atom. The smallest absolute Gasteiger partial charge is 0.227 e. The number of ether oxygens (including phenoxy) is 1. The van der Waals surface area contributed by atoms with E-state index in [1.165, 1.54) is 0 Å². The van der Waals surface area contributed by atoms with E-state index in [1.54, 1.807) is 0 Å². The maximum atomic E-state index is 12.4. The highest BCUT2D eigenvalue weighted by Crippen LogP contribution is 2.29. The van der Waals surface area contributed by atoms with Crippen molar-refractivity contribution in [2.45, 2.75) is 26.8 Å². The normalized spacial score (nSPS) is 16.5. The highest BCUT2D eigenvalue weighted by atomic mass is 35.5. The van der Waals surface area contributed by atoms with Crippen LogP contribution in [0.15, 0.2) is 24.3 Å². The lowest BCUT2D eigenvalue weighted by atomic mass is 10.0. The van der Waals surface area contributed by atoms with Crippen LogP contribution in [0.4, 0.5) is 5.69 Å². The van der Waals surface area contributed by atoms with Gasteiger partial charge in [-0.15, -0.1) is 24.8 Å². The van der Waals surface area contributed by atoms with Gasteiger partial charge in [0.05, 0.1) is 18.2 Å². The molecule has 1 aromatic rings. The highest BCUT2D eigenvalue weighted by Gasteiger charge is 2.27. The molecule has 0 radical (unpaired) electrons. The third-order valence-corrected chi connectivity index (χ3v) is 4.28. The maximum absolute atomic E-state index is 12.4. The fourth-order valence-corrected chi connectivity index (χ4v) is 2.68. The van der Waals surface area contributed by atoms with Gasteiger partial charge in [-0.3, -0.25) is 4.79 Å². The highest BCUT2D eigenvalue weighted by molar-refractivity contribution is 5.85. The second kappa shape index (κ2) is 10.6. The topological polar surface area (TPSA) is 58.8 Å². The van der Waals surface area contributed by atoms with Gasteiger partial charge < -0.3 is 20.3 Å². The van der Waals surface area contributed by atoms with Gasteiger partial charge in [-0.25, -0.2) is 0 Å². The second-order valence-electron chi connectivity index (χ2n) is 5.86. The predicted octanol–water partition coefficient (Wildman–Crippen LogP) is 2.56. The van der Waals surface area contributed by atoms with E-state index in [0.29, 0.717) is 6.61 Å². The zero-order chi connectivity index (χ0) is 16.1. The van der Waals surface area contributed by atoms with Crippen molar-refractivity contribution in [3.8, 4) is 5.75 Å². The van der Waals surface area contributed by atoms with Crippen LogP contribution in [0, 0.1) is 5.92 Å². The fourth-order valence-electron chi connectivity index (χ4n) is 2.68. The number of para-hydroxylation sites is 2. The molecular weight excluding hydrogens is 349 g/mol. The van der Waals surface area contributed by atoms with Crippen LogP contribution in [0.25, 0.3) is 0 Å². The van der Waals surface area contributed by atoms with Crippen molar-refractivity contribution in [1.29, 1.82) is 0 Å². The molecule has 5 nitrogen and oxygen atoms in total. The van der Waals surface area contributed by atoms with E-state index in [4.69, 9.17) is 10.5 Å². The van der Waals surface area contributed by atoms with E-state index in [9.17, 15) is 4.79 Å². The van der Waals surface area contributed by atoms with Crippen LogP contribution in [-0.4, -0.2) is 49.6 Å². The summed E-state index contributed by atoms with van der Waals surface area (Å²) in [6, 6.07) is 7.97. The minimum atomic E-state index is -0.123. The molecule has 2 rings (SSSR count). The van der Waals surface area contributed by atoms with Crippen molar-refractivity contribution in [3.63, 3.8) is 0 Å². The van der Waals surface area contributed by atoms with Crippen LogP contribution in [-0.2, 0) is 4.79 Å². The number of benzene rings is 1. The van der Waals surface area contributed by atoms with Gasteiger partial charge in [-0.2, -0.15) is 0 Å². The summed E-state index contributed by atoms with van der Waals surface area (Å²) >= 11 is 0. The number of rotatable bonds is 5. The predicted molar refractivity (Wildman–Crippen MR) is 104 cm³/mol. The first-order chi connectivity index (χ1) is 10.5. The van der Waals surface area contributed by atoms with Gasteiger partial charge in [0.25, 0.3) is 0 Å². The molecule has 0 saturated carbocycles. The fraction of sp³-hybridized carbons (Fsp3) is 0.588. The van der Waals surface area contributed by atoms with Crippen LogP contribution in [0.5, 0.6) is 5.75 Å². The Kier molecular flexibility index (Phi) is 10.1. The number of nitrogens with zero attached hydrogens (tertiary/aromatic N) is 2. The Labute approximate surface area is 157 Å². The van der Waals surface area contributed by atoms with Crippen LogP contribution in [0.1, 0.15) is 20.8 Å². The molecule has 0 aliphatic carbocycles. The van der Waals surface area contributed by atoms with Crippen molar-refractivity contribution >= 4 is 36.4 Å². The van der Waals surface area contributed by atoms with E-state index >= 15 is 0 Å². The largest absolute Gasteiger partial charge is 0.492 e. The van der Waals surface area contributed by atoms with Crippen molar-refractivity contribution in [1.82, 2.24) is 4.90 Å². The average molecular weight is 378 g/mol. The molecule has 0 aromatic heterocycles. The molecule has 0 bridgehead atoms. The molecule has 1 aliphatic heterocycles. The zero-order valence-electron chi connectivity index (χ0n) is 14.6. The van der Waals surface area contributed by atoms with Crippen molar-refractivity contribution in [2.24, 2.45) is 11.7 Å². The quantitative estimate of drug-likeness (QED) is 0.856. The molecule has 1 fully saturated rings. The first kappa shape index (κ1) is 22.8. The molecule has 2 atom stereocenters. The summed E-state index contributed by atoms with van der Waals surface area (Å²) in [6.45, 7) is 9.54. The van der Waals surface area contributed by atoms with Gasteiger partial charge in [0, 0.05) is 32.2 Å². The van der Waals surface area contributed by atoms with Crippen LogP contribution < -0.4 is 15.4 Å². The van der Waals surface area contributed by atoms with Crippen molar-refractivity contribution < 1.29 is 9.53 Å². The van der Waals surface area contributed by atoms with E-state index in [0.717, 1.165) is 37.6 Å². The molecule has 2 unspecified atom stereocenters. The van der Waals surface area contributed by atoms with Crippen LogP contribution >= 0.6 is 24.8 Å². The number of amides is 1. The van der Waals surface area contributed by atoms with E-state index in [1.807, 2.05) is 43.9 Å². The number of carbonyl (C=O) groups is 1. The lowest BCUT2D eigenvalue weighted by Gasteiger charge is -2.38. The first-order valence-corrected chi connectivity index (χ1v) is 8.05. The summed E-state index contributed by atoms with van der Waals surface area (Å²) in [7, 11) is 0. The average Bonchev–Trinajstić information content (AvgIpc) is 2.54. The van der Waals surface area contributed by atoms with Crippen molar-refractivity contribution in [2.75, 3.05) is 37.7 Å². The third-order valence-electron chi connectivity index (χ3n) is 4.28. The summed E-state index contributed by atoms with van der Waals surface area (Å²) in [6.07, 6.45) is 0. The molecule has 2 N–H and O–H groups in total. The minimum absolute atomic E-state index is 0. The summed E-state index contributed by atoms with van der Waals surface area (Å²) in [5.41, 5.74) is 6.95. The summed E-state index contributed by atoms with van der Waals surface area (Å²) in [5.74, 6) is 0.948. The number of halogens is 2. The third kappa shape index (κ3) is 5.43. The van der Waals surface area contributed by atoms with E-state index < -0.39 is 0 Å². The molecule has 0 spiro atoms. The lowest BCUT2D eigenvalue weighted by molar-refractivity contribution is -0.135. The minimum Gasteiger partial charge on any atom is -0.492 e. The summed E-state index contributed by atoms with van der Waals surface area (Å²) < 4.78 is 5.70.